The molecule has 0 aliphatic carbocycles. The number of Topliss-reactive ketones (excluding diaryl/α,β-unsaturated/α-hetero) is 1. The Morgan fingerprint density at radius 1 is 1.50 bits per heavy atom. The maximum Gasteiger partial charge on any atom is 0.161 e. The van der Waals surface area contributed by atoms with Gasteiger partial charge in [0, 0.05) is 13.0 Å². The van der Waals surface area contributed by atoms with E-state index in [-0.39, 0.29) is 5.78 Å². The van der Waals surface area contributed by atoms with Gasteiger partial charge in [-0.05, 0) is 33.0 Å². The maximum absolute atomic E-state index is 11.8. The van der Waals surface area contributed by atoms with Crippen LogP contribution in [0.2, 0.25) is 0 Å². The fraction of sp³-hybridized carbons (Fsp3) is 0.545. The Hall–Kier alpha value is -1.09. The molecule has 0 saturated carbocycles. The molecule has 1 aromatic rings. The first-order valence-electron chi connectivity index (χ1n) is 4.86. The highest BCUT2D eigenvalue weighted by molar-refractivity contribution is 5.90. The molecular formula is C11H15NO2. The summed E-state index contributed by atoms with van der Waals surface area (Å²) in [5.41, 5.74) is -0.547. The third-order valence-corrected chi connectivity index (χ3v) is 3.20. The molecule has 2 heterocycles. The monoisotopic (exact) mass is 193 g/mol. The standard InChI is InChI=1S/C11H15NO2/c1-8-4-5-10(14-8)11(2)9(13)6-7-12(11)3/h4-5H,6-7H2,1-3H3. The molecule has 0 aromatic carbocycles. The lowest BCUT2D eigenvalue weighted by molar-refractivity contribution is -0.125. The van der Waals surface area contributed by atoms with Crippen molar-refractivity contribution in [3.63, 3.8) is 0 Å². The molecule has 1 unspecified atom stereocenters. The normalized spacial score (nSPS) is 28.6. The molecule has 1 atom stereocenters. The van der Waals surface area contributed by atoms with Crippen LogP contribution in [-0.4, -0.2) is 24.3 Å². The summed E-state index contributed by atoms with van der Waals surface area (Å²) in [7, 11) is 1.96. The molecule has 1 aliphatic rings. The minimum absolute atomic E-state index is 0.245. The van der Waals surface area contributed by atoms with Crippen LogP contribution in [0.25, 0.3) is 0 Å². The lowest BCUT2D eigenvalue weighted by Crippen LogP contribution is -2.40. The van der Waals surface area contributed by atoms with Crippen molar-refractivity contribution in [1.82, 2.24) is 4.90 Å². The van der Waals surface area contributed by atoms with E-state index in [1.54, 1.807) is 0 Å². The average molecular weight is 193 g/mol. The van der Waals surface area contributed by atoms with Crippen LogP contribution >= 0.6 is 0 Å². The van der Waals surface area contributed by atoms with E-state index in [1.807, 2.05) is 37.9 Å². The van der Waals surface area contributed by atoms with Crippen molar-refractivity contribution >= 4 is 5.78 Å². The van der Waals surface area contributed by atoms with Crippen molar-refractivity contribution in [2.75, 3.05) is 13.6 Å². The smallest absolute Gasteiger partial charge is 0.161 e. The van der Waals surface area contributed by atoms with Gasteiger partial charge in [0.25, 0.3) is 0 Å². The van der Waals surface area contributed by atoms with Gasteiger partial charge in [-0.1, -0.05) is 0 Å². The Morgan fingerprint density at radius 2 is 2.21 bits per heavy atom. The molecule has 3 nitrogen and oxygen atoms in total. The van der Waals surface area contributed by atoms with Gasteiger partial charge in [0.05, 0.1) is 0 Å². The van der Waals surface area contributed by atoms with Gasteiger partial charge in [-0.25, -0.2) is 0 Å². The molecule has 76 valence electrons. The molecular weight excluding hydrogens is 178 g/mol. The van der Waals surface area contributed by atoms with Crippen LogP contribution in [0, 0.1) is 6.92 Å². The highest BCUT2D eigenvalue weighted by Gasteiger charge is 2.45. The van der Waals surface area contributed by atoms with Gasteiger partial charge in [0.15, 0.2) is 5.78 Å². The third-order valence-electron chi connectivity index (χ3n) is 3.20. The second kappa shape index (κ2) is 2.95. The number of furan rings is 1. The van der Waals surface area contributed by atoms with Crippen LogP contribution in [0.5, 0.6) is 0 Å². The zero-order valence-electron chi connectivity index (χ0n) is 8.83. The van der Waals surface area contributed by atoms with E-state index >= 15 is 0 Å². The number of likely N-dealkylation sites (tertiary alicyclic amines) is 1. The van der Waals surface area contributed by atoms with E-state index in [2.05, 4.69) is 0 Å². The number of aryl methyl sites for hydroxylation is 1. The molecule has 14 heavy (non-hydrogen) atoms. The SMILES string of the molecule is Cc1ccc(C2(C)C(=O)CCN2C)o1. The van der Waals surface area contributed by atoms with Gasteiger partial charge in [-0.2, -0.15) is 0 Å². The molecule has 1 fully saturated rings. The van der Waals surface area contributed by atoms with Gasteiger partial charge in [-0.15, -0.1) is 0 Å². The van der Waals surface area contributed by atoms with Crippen molar-refractivity contribution < 1.29 is 9.21 Å². The van der Waals surface area contributed by atoms with Gasteiger partial charge in [0.1, 0.15) is 17.1 Å². The highest BCUT2D eigenvalue weighted by atomic mass is 16.3. The minimum atomic E-state index is -0.547. The predicted molar refractivity (Wildman–Crippen MR) is 53.1 cm³/mol. The number of carbonyl (C=O) groups is 1. The van der Waals surface area contributed by atoms with Gasteiger partial charge in [0.2, 0.25) is 0 Å². The number of ketones is 1. The number of hydrogen-bond acceptors (Lipinski definition) is 3. The lowest BCUT2D eigenvalue weighted by Gasteiger charge is -2.28. The summed E-state index contributed by atoms with van der Waals surface area (Å²) in [6, 6.07) is 3.80. The number of nitrogens with zero attached hydrogens (tertiary/aromatic N) is 1. The quantitative estimate of drug-likeness (QED) is 0.680. The first-order valence-corrected chi connectivity index (χ1v) is 4.86. The first kappa shape index (κ1) is 9.46. The van der Waals surface area contributed by atoms with Gasteiger partial charge < -0.3 is 4.42 Å². The number of rotatable bonds is 1. The molecule has 1 aliphatic heterocycles. The lowest BCUT2D eigenvalue weighted by atomic mass is 9.95. The minimum Gasteiger partial charge on any atom is -0.464 e. The number of likely N-dealkylation sites (N-methyl/N-ethyl adjacent to an activating group) is 1. The summed E-state index contributed by atoms with van der Waals surface area (Å²) in [5, 5.41) is 0. The Balaban J connectivity index is 2.44. The molecule has 0 spiro atoms. The van der Waals surface area contributed by atoms with Crippen LogP contribution in [0.3, 0.4) is 0 Å². The molecule has 1 saturated heterocycles. The fourth-order valence-corrected chi connectivity index (χ4v) is 1.97. The van der Waals surface area contributed by atoms with E-state index < -0.39 is 5.54 Å². The predicted octanol–water partition coefficient (Wildman–Crippen LogP) is 1.71. The Morgan fingerprint density at radius 3 is 2.64 bits per heavy atom. The van der Waals surface area contributed by atoms with Crippen molar-refractivity contribution in [3.8, 4) is 0 Å². The van der Waals surface area contributed by atoms with E-state index in [0.717, 1.165) is 18.1 Å². The molecule has 0 bridgehead atoms. The first-order chi connectivity index (χ1) is 6.55. The summed E-state index contributed by atoms with van der Waals surface area (Å²) in [4.78, 5) is 13.9. The van der Waals surface area contributed by atoms with E-state index in [9.17, 15) is 4.79 Å². The average Bonchev–Trinajstić information content (AvgIpc) is 2.67. The summed E-state index contributed by atoms with van der Waals surface area (Å²) in [5.74, 6) is 1.86. The van der Waals surface area contributed by atoms with Gasteiger partial charge >= 0.3 is 0 Å². The van der Waals surface area contributed by atoms with Crippen molar-refractivity contribution in [2.45, 2.75) is 25.8 Å². The Bertz CT molecular complexity index is 369. The van der Waals surface area contributed by atoms with Crippen molar-refractivity contribution in [1.29, 1.82) is 0 Å². The molecule has 1 aromatic heterocycles. The topological polar surface area (TPSA) is 33.5 Å². The number of hydrogen-bond donors (Lipinski definition) is 0. The second-order valence-corrected chi connectivity index (χ2v) is 4.08. The van der Waals surface area contributed by atoms with Crippen LogP contribution in [0.1, 0.15) is 24.9 Å². The molecule has 0 N–H and O–H groups in total. The van der Waals surface area contributed by atoms with Crippen LogP contribution in [0.4, 0.5) is 0 Å². The fourth-order valence-electron chi connectivity index (χ4n) is 1.97. The van der Waals surface area contributed by atoms with Crippen LogP contribution in [0.15, 0.2) is 16.5 Å². The van der Waals surface area contributed by atoms with Gasteiger partial charge in [-0.3, -0.25) is 9.69 Å². The third kappa shape index (κ3) is 1.12. The molecule has 2 rings (SSSR count). The van der Waals surface area contributed by atoms with Crippen LogP contribution in [-0.2, 0) is 10.3 Å². The summed E-state index contributed by atoms with van der Waals surface area (Å²) in [6.45, 7) is 4.64. The van der Waals surface area contributed by atoms with Crippen LogP contribution < -0.4 is 0 Å². The van der Waals surface area contributed by atoms with E-state index in [0.29, 0.717) is 6.42 Å². The highest BCUT2D eigenvalue weighted by Crippen LogP contribution is 2.35. The second-order valence-electron chi connectivity index (χ2n) is 4.08. The Labute approximate surface area is 83.7 Å². The summed E-state index contributed by atoms with van der Waals surface area (Å²) < 4.78 is 5.55. The summed E-state index contributed by atoms with van der Waals surface area (Å²) in [6.07, 6.45) is 0.618. The van der Waals surface area contributed by atoms with E-state index in [1.165, 1.54) is 0 Å². The Kier molecular flexibility index (Phi) is 2.00. The zero-order valence-corrected chi connectivity index (χ0v) is 8.83. The molecule has 0 amide bonds. The largest absolute Gasteiger partial charge is 0.464 e. The maximum atomic E-state index is 11.8. The number of carbonyl (C=O) groups excluding carboxylic acids is 1. The van der Waals surface area contributed by atoms with E-state index in [4.69, 9.17) is 4.42 Å². The zero-order chi connectivity index (χ0) is 10.3. The molecule has 3 heteroatoms. The molecule has 0 radical (unpaired) electrons. The summed E-state index contributed by atoms with van der Waals surface area (Å²) >= 11 is 0. The van der Waals surface area contributed by atoms with Crippen molar-refractivity contribution in [2.24, 2.45) is 0 Å². The van der Waals surface area contributed by atoms with Crippen molar-refractivity contribution in [3.05, 3.63) is 23.7 Å².